The molecule has 0 saturated heterocycles. The van der Waals surface area contributed by atoms with E-state index in [1.54, 1.807) is 12.1 Å². The standard InChI is InChI=1S/C14H21N3O3/c1-4-8-17(5-2)12-7-6-11(9-15-12)13(18)16-10(3)14(19)20/h6-7,9-10H,4-5,8H2,1-3H3,(H,16,18)(H,19,20)/t10-/m1/s1. The summed E-state index contributed by atoms with van der Waals surface area (Å²) in [7, 11) is 0. The van der Waals surface area contributed by atoms with E-state index in [4.69, 9.17) is 5.11 Å². The first-order valence-electron chi connectivity index (χ1n) is 6.74. The Kier molecular flexibility index (Phi) is 5.96. The van der Waals surface area contributed by atoms with Gasteiger partial charge in [0.1, 0.15) is 11.9 Å². The number of amides is 1. The van der Waals surface area contributed by atoms with Crippen LogP contribution in [0.4, 0.5) is 5.82 Å². The number of nitrogens with zero attached hydrogens (tertiary/aromatic N) is 2. The fraction of sp³-hybridized carbons (Fsp3) is 0.500. The predicted octanol–water partition coefficient (Wildman–Crippen LogP) is 1.52. The Labute approximate surface area is 118 Å². The van der Waals surface area contributed by atoms with Gasteiger partial charge in [0.15, 0.2) is 0 Å². The molecule has 6 heteroatoms. The number of carbonyl (C=O) groups is 2. The third-order valence-electron chi connectivity index (χ3n) is 2.93. The Morgan fingerprint density at radius 3 is 2.55 bits per heavy atom. The lowest BCUT2D eigenvalue weighted by Crippen LogP contribution is -2.38. The van der Waals surface area contributed by atoms with Crippen molar-refractivity contribution in [2.24, 2.45) is 0 Å². The Bertz CT molecular complexity index is 459. The van der Waals surface area contributed by atoms with Gasteiger partial charge in [0.2, 0.25) is 0 Å². The highest BCUT2D eigenvalue weighted by Gasteiger charge is 2.15. The van der Waals surface area contributed by atoms with Crippen molar-refractivity contribution < 1.29 is 14.7 Å². The van der Waals surface area contributed by atoms with Gasteiger partial charge < -0.3 is 15.3 Å². The SMILES string of the molecule is CCCN(CC)c1ccc(C(=O)N[C@H](C)C(=O)O)cn1. The maximum absolute atomic E-state index is 11.8. The molecule has 1 amide bonds. The molecular weight excluding hydrogens is 258 g/mol. The second kappa shape index (κ2) is 7.47. The number of aromatic nitrogens is 1. The van der Waals surface area contributed by atoms with Gasteiger partial charge in [-0.1, -0.05) is 6.92 Å². The fourth-order valence-corrected chi connectivity index (χ4v) is 1.75. The zero-order chi connectivity index (χ0) is 15.1. The van der Waals surface area contributed by atoms with E-state index in [-0.39, 0.29) is 0 Å². The van der Waals surface area contributed by atoms with Gasteiger partial charge in [-0.15, -0.1) is 0 Å². The number of anilines is 1. The Morgan fingerprint density at radius 2 is 2.10 bits per heavy atom. The van der Waals surface area contributed by atoms with E-state index >= 15 is 0 Å². The van der Waals surface area contributed by atoms with Gasteiger partial charge in [0, 0.05) is 19.3 Å². The average Bonchev–Trinajstić information content (AvgIpc) is 2.44. The van der Waals surface area contributed by atoms with E-state index in [1.165, 1.54) is 13.1 Å². The second-order valence-electron chi connectivity index (χ2n) is 4.52. The highest BCUT2D eigenvalue weighted by atomic mass is 16.4. The topological polar surface area (TPSA) is 82.5 Å². The molecule has 0 aliphatic heterocycles. The third kappa shape index (κ3) is 4.22. The van der Waals surface area contributed by atoms with Gasteiger partial charge in [0.05, 0.1) is 5.56 Å². The maximum atomic E-state index is 11.8. The van der Waals surface area contributed by atoms with Crippen molar-refractivity contribution in [3.63, 3.8) is 0 Å². The van der Waals surface area contributed by atoms with Crippen LogP contribution in [0.15, 0.2) is 18.3 Å². The highest BCUT2D eigenvalue weighted by molar-refractivity contribution is 5.96. The first kappa shape index (κ1) is 15.9. The largest absolute Gasteiger partial charge is 0.480 e. The van der Waals surface area contributed by atoms with Crippen LogP contribution in [0.2, 0.25) is 0 Å². The summed E-state index contributed by atoms with van der Waals surface area (Å²) in [4.78, 5) is 28.9. The number of carboxylic acid groups (broad SMARTS) is 1. The summed E-state index contributed by atoms with van der Waals surface area (Å²) < 4.78 is 0. The van der Waals surface area contributed by atoms with Gasteiger partial charge in [-0.25, -0.2) is 4.98 Å². The molecule has 6 nitrogen and oxygen atoms in total. The monoisotopic (exact) mass is 279 g/mol. The summed E-state index contributed by atoms with van der Waals surface area (Å²) in [5.74, 6) is -0.683. The zero-order valence-electron chi connectivity index (χ0n) is 12.1. The smallest absolute Gasteiger partial charge is 0.325 e. The van der Waals surface area contributed by atoms with Crippen LogP contribution < -0.4 is 10.2 Å². The first-order valence-corrected chi connectivity index (χ1v) is 6.74. The van der Waals surface area contributed by atoms with Crippen molar-refractivity contribution in [1.82, 2.24) is 10.3 Å². The van der Waals surface area contributed by atoms with E-state index in [9.17, 15) is 9.59 Å². The zero-order valence-corrected chi connectivity index (χ0v) is 12.1. The quantitative estimate of drug-likeness (QED) is 0.790. The molecule has 2 N–H and O–H groups in total. The van der Waals surface area contributed by atoms with Crippen molar-refractivity contribution in [2.45, 2.75) is 33.2 Å². The lowest BCUT2D eigenvalue weighted by molar-refractivity contribution is -0.138. The summed E-state index contributed by atoms with van der Waals surface area (Å²) in [6, 6.07) is 2.51. The third-order valence-corrected chi connectivity index (χ3v) is 2.93. The minimum absolute atomic E-state index is 0.356. The van der Waals surface area contributed by atoms with Crippen LogP contribution >= 0.6 is 0 Å². The molecule has 0 aliphatic carbocycles. The van der Waals surface area contributed by atoms with Gasteiger partial charge in [0.25, 0.3) is 5.91 Å². The van der Waals surface area contributed by atoms with Crippen molar-refractivity contribution in [3.05, 3.63) is 23.9 Å². The van der Waals surface area contributed by atoms with Gasteiger partial charge in [-0.3, -0.25) is 9.59 Å². The summed E-state index contributed by atoms with van der Waals surface area (Å²) in [6.07, 6.45) is 2.49. The number of rotatable bonds is 7. The normalized spacial score (nSPS) is 11.8. The molecular formula is C14H21N3O3. The molecule has 0 unspecified atom stereocenters. The fourth-order valence-electron chi connectivity index (χ4n) is 1.75. The molecule has 1 atom stereocenters. The number of pyridine rings is 1. The molecule has 1 aromatic heterocycles. The average molecular weight is 279 g/mol. The predicted molar refractivity (Wildman–Crippen MR) is 77.0 cm³/mol. The van der Waals surface area contributed by atoms with Gasteiger partial charge in [-0.05, 0) is 32.4 Å². The van der Waals surface area contributed by atoms with E-state index in [0.29, 0.717) is 5.56 Å². The number of aliphatic carboxylic acids is 1. The van der Waals surface area contributed by atoms with Crippen LogP contribution in [0.5, 0.6) is 0 Å². The van der Waals surface area contributed by atoms with Crippen LogP contribution in [0.1, 0.15) is 37.6 Å². The highest BCUT2D eigenvalue weighted by Crippen LogP contribution is 2.11. The lowest BCUT2D eigenvalue weighted by Gasteiger charge is -2.21. The number of hydrogen-bond acceptors (Lipinski definition) is 4. The molecule has 1 rings (SSSR count). The molecule has 0 spiro atoms. The molecule has 0 aromatic carbocycles. The van der Waals surface area contributed by atoms with Crippen LogP contribution in [-0.4, -0.2) is 41.1 Å². The second-order valence-corrected chi connectivity index (χ2v) is 4.52. The maximum Gasteiger partial charge on any atom is 0.325 e. The number of carbonyl (C=O) groups excluding carboxylic acids is 1. The molecule has 0 aliphatic rings. The summed E-state index contributed by atoms with van der Waals surface area (Å²) in [5, 5.41) is 11.1. The minimum atomic E-state index is -1.07. The summed E-state index contributed by atoms with van der Waals surface area (Å²) >= 11 is 0. The van der Waals surface area contributed by atoms with E-state index < -0.39 is 17.9 Å². The Morgan fingerprint density at radius 1 is 1.40 bits per heavy atom. The minimum Gasteiger partial charge on any atom is -0.480 e. The van der Waals surface area contributed by atoms with Gasteiger partial charge in [-0.2, -0.15) is 0 Å². The number of hydrogen-bond donors (Lipinski definition) is 2. The van der Waals surface area contributed by atoms with E-state index in [2.05, 4.69) is 22.1 Å². The Balaban J connectivity index is 2.75. The van der Waals surface area contributed by atoms with Crippen molar-refractivity contribution in [2.75, 3.05) is 18.0 Å². The molecule has 0 saturated carbocycles. The molecule has 0 bridgehead atoms. The lowest BCUT2D eigenvalue weighted by atomic mass is 10.2. The van der Waals surface area contributed by atoms with Crippen molar-refractivity contribution in [1.29, 1.82) is 0 Å². The van der Waals surface area contributed by atoms with Crippen LogP contribution in [-0.2, 0) is 4.79 Å². The molecule has 0 fully saturated rings. The van der Waals surface area contributed by atoms with Crippen LogP contribution in [0.3, 0.4) is 0 Å². The van der Waals surface area contributed by atoms with E-state index in [1.807, 2.05) is 6.92 Å². The Hall–Kier alpha value is -2.11. The summed E-state index contributed by atoms with van der Waals surface area (Å²) in [6.45, 7) is 7.32. The molecule has 1 heterocycles. The molecule has 1 aromatic rings. The number of nitrogens with one attached hydrogen (secondary N) is 1. The van der Waals surface area contributed by atoms with Crippen molar-refractivity contribution in [3.8, 4) is 0 Å². The van der Waals surface area contributed by atoms with E-state index in [0.717, 1.165) is 25.3 Å². The molecule has 0 radical (unpaired) electrons. The molecule has 20 heavy (non-hydrogen) atoms. The van der Waals surface area contributed by atoms with Crippen LogP contribution in [0, 0.1) is 0 Å². The first-order chi connectivity index (χ1) is 9.49. The molecule has 110 valence electrons. The van der Waals surface area contributed by atoms with Crippen molar-refractivity contribution >= 4 is 17.7 Å². The summed E-state index contributed by atoms with van der Waals surface area (Å²) in [5.41, 5.74) is 0.356. The van der Waals surface area contributed by atoms with Crippen LogP contribution in [0.25, 0.3) is 0 Å². The number of carboxylic acids is 1. The van der Waals surface area contributed by atoms with Gasteiger partial charge >= 0.3 is 5.97 Å².